The second kappa shape index (κ2) is 37.7. The van der Waals surface area contributed by atoms with E-state index in [1.165, 1.54) is 146 Å². The van der Waals surface area contributed by atoms with Crippen LogP contribution in [0.25, 0.3) is 0 Å². The number of carbonyl (C=O) groups is 2. The zero-order valence-electron chi connectivity index (χ0n) is 40.1. The maximum Gasteiger partial charge on any atom is 0.137 e. The average Bonchev–Trinajstić information content (AvgIpc) is 3.25. The average molecular weight is 880 g/mol. The normalized spacial score (nSPS) is 11.6. The standard InChI is InChI=1S/C56H88N2O2.Ni/c1-7-13-17-18-19-20-21-22-23-24-25-26-27-28-29-30-31-34-38-56(58-52-42-47(35-32-14-8-2)41-48(43-52)36-33-15-9-3)55(37-16-10-4)57-51-40-39-49(45-53(59)11-5)50(44-51)46-54(60)12-6;/h39-44H,7-33,35-37,45-46H2,1-6H3;. The SMILES string of the molecule is CCCCCCCCCCCCCCCCCCC#CC(=Nc1cc(CCCCC)cc(CCCCC)c1)C(CCCC)=Nc1ccc(CC(=O)CC)c(CC(=O)CC)c1.[Ni]. The van der Waals surface area contributed by atoms with Crippen molar-refractivity contribution in [3.8, 4) is 11.8 Å². The number of aryl methyl sites for hydroxylation is 2. The minimum absolute atomic E-state index is 0. The predicted molar refractivity (Wildman–Crippen MR) is 263 cm³/mol. The first-order valence-corrected chi connectivity index (χ1v) is 25.3. The first-order valence-electron chi connectivity index (χ1n) is 25.3. The van der Waals surface area contributed by atoms with Crippen LogP contribution in [-0.4, -0.2) is 23.0 Å². The van der Waals surface area contributed by atoms with E-state index in [1.54, 1.807) is 0 Å². The third-order valence-corrected chi connectivity index (χ3v) is 11.8. The van der Waals surface area contributed by atoms with Crippen molar-refractivity contribution >= 4 is 34.4 Å². The number of Topliss-reactive ketones (excluding diaryl/α,β-unsaturated/α-hetero) is 2. The second-order valence-corrected chi connectivity index (χ2v) is 17.5. The van der Waals surface area contributed by atoms with Gasteiger partial charge in [0.25, 0.3) is 0 Å². The minimum atomic E-state index is 0. The molecule has 2 aromatic rings. The summed E-state index contributed by atoms with van der Waals surface area (Å²) in [6, 6.07) is 13.0. The fourth-order valence-corrected chi connectivity index (χ4v) is 7.88. The van der Waals surface area contributed by atoms with Gasteiger partial charge in [-0.25, -0.2) is 4.99 Å². The van der Waals surface area contributed by atoms with Gasteiger partial charge in [0.15, 0.2) is 0 Å². The molecule has 0 aliphatic carbocycles. The number of ketones is 2. The van der Waals surface area contributed by atoms with Crippen molar-refractivity contribution in [1.29, 1.82) is 0 Å². The summed E-state index contributed by atoms with van der Waals surface area (Å²) in [6.07, 6.45) is 36.5. The maximum atomic E-state index is 12.7. The molecule has 5 heteroatoms. The van der Waals surface area contributed by atoms with E-state index in [0.29, 0.717) is 25.7 Å². The first kappa shape index (κ1) is 56.2. The molecule has 0 aliphatic rings. The summed E-state index contributed by atoms with van der Waals surface area (Å²) in [5.74, 6) is 7.46. The smallest absolute Gasteiger partial charge is 0.137 e. The molecular formula is C56H88N2NiO2. The molecule has 0 amide bonds. The van der Waals surface area contributed by atoms with Crippen LogP contribution >= 0.6 is 0 Å². The molecule has 0 saturated carbocycles. The van der Waals surface area contributed by atoms with Crippen molar-refractivity contribution < 1.29 is 26.1 Å². The van der Waals surface area contributed by atoms with E-state index in [4.69, 9.17) is 9.98 Å². The third-order valence-electron chi connectivity index (χ3n) is 11.8. The molecule has 2 rings (SSSR count). The van der Waals surface area contributed by atoms with Crippen molar-refractivity contribution in [3.63, 3.8) is 0 Å². The van der Waals surface area contributed by atoms with E-state index >= 15 is 0 Å². The molecule has 0 heterocycles. The van der Waals surface area contributed by atoms with Crippen molar-refractivity contribution in [2.45, 2.75) is 247 Å². The van der Waals surface area contributed by atoms with E-state index in [9.17, 15) is 9.59 Å². The number of rotatable bonds is 36. The van der Waals surface area contributed by atoms with E-state index < -0.39 is 0 Å². The Morgan fingerprint density at radius 2 is 0.934 bits per heavy atom. The van der Waals surface area contributed by atoms with Gasteiger partial charge in [-0.15, -0.1) is 0 Å². The Labute approximate surface area is 386 Å². The Morgan fingerprint density at radius 3 is 1.43 bits per heavy atom. The summed E-state index contributed by atoms with van der Waals surface area (Å²) in [4.78, 5) is 35.8. The topological polar surface area (TPSA) is 58.9 Å². The molecule has 0 aromatic heterocycles. The van der Waals surface area contributed by atoms with Gasteiger partial charge >= 0.3 is 0 Å². The summed E-state index contributed by atoms with van der Waals surface area (Å²) >= 11 is 0. The van der Waals surface area contributed by atoms with E-state index in [-0.39, 0.29) is 28.1 Å². The van der Waals surface area contributed by atoms with Crippen LogP contribution in [-0.2, 0) is 51.8 Å². The van der Waals surface area contributed by atoms with Crippen molar-refractivity contribution in [2.24, 2.45) is 9.98 Å². The molecule has 0 unspecified atom stereocenters. The number of unbranched alkanes of at least 4 members (excludes halogenated alkanes) is 21. The first-order chi connectivity index (χ1) is 29.4. The molecule has 0 fully saturated rings. The number of hydrogen-bond acceptors (Lipinski definition) is 4. The van der Waals surface area contributed by atoms with Crippen molar-refractivity contribution in [3.05, 3.63) is 58.7 Å². The zero-order valence-corrected chi connectivity index (χ0v) is 41.1. The second-order valence-electron chi connectivity index (χ2n) is 17.5. The van der Waals surface area contributed by atoms with Crippen LogP contribution in [0.15, 0.2) is 46.4 Å². The Morgan fingerprint density at radius 1 is 0.475 bits per heavy atom. The van der Waals surface area contributed by atoms with Crippen LogP contribution in [0.3, 0.4) is 0 Å². The van der Waals surface area contributed by atoms with Crippen LogP contribution in [0, 0.1) is 11.8 Å². The summed E-state index contributed by atoms with van der Waals surface area (Å²) < 4.78 is 0. The van der Waals surface area contributed by atoms with Crippen LogP contribution in [0.1, 0.15) is 244 Å². The quantitative estimate of drug-likeness (QED) is 0.0296. The fraction of sp³-hybridized carbons (Fsp3) is 0.679. The molecule has 0 N–H and O–H groups in total. The number of hydrogen-bond donors (Lipinski definition) is 0. The third kappa shape index (κ3) is 27.1. The largest absolute Gasteiger partial charge is 0.299 e. The fourth-order valence-electron chi connectivity index (χ4n) is 7.88. The van der Waals surface area contributed by atoms with Gasteiger partial charge in [0, 0.05) is 48.6 Å². The van der Waals surface area contributed by atoms with Gasteiger partial charge in [-0.05, 0) is 97.4 Å². The van der Waals surface area contributed by atoms with Gasteiger partial charge in [-0.3, -0.25) is 14.6 Å². The number of nitrogens with zero attached hydrogens (tertiary/aromatic N) is 2. The van der Waals surface area contributed by atoms with E-state index in [0.717, 1.165) is 78.9 Å². The molecular weight excluding hydrogens is 791 g/mol. The molecule has 0 bridgehead atoms. The van der Waals surface area contributed by atoms with Gasteiger partial charge in [0.2, 0.25) is 0 Å². The Hall–Kier alpha value is -2.83. The minimum Gasteiger partial charge on any atom is -0.299 e. The number of carbonyl (C=O) groups excluding carboxylic acids is 2. The molecule has 0 saturated heterocycles. The van der Waals surface area contributed by atoms with Crippen LogP contribution in [0.2, 0.25) is 0 Å². The van der Waals surface area contributed by atoms with Gasteiger partial charge < -0.3 is 0 Å². The number of benzene rings is 2. The maximum absolute atomic E-state index is 12.7. The summed E-state index contributed by atoms with van der Waals surface area (Å²) in [5, 5.41) is 0. The molecule has 2 aromatic carbocycles. The van der Waals surface area contributed by atoms with Gasteiger partial charge in [-0.1, -0.05) is 188 Å². The van der Waals surface area contributed by atoms with Crippen molar-refractivity contribution in [2.75, 3.05) is 0 Å². The molecule has 0 spiro atoms. The van der Waals surface area contributed by atoms with Gasteiger partial charge in [-0.2, -0.15) is 0 Å². The van der Waals surface area contributed by atoms with Crippen molar-refractivity contribution in [1.82, 2.24) is 0 Å². The zero-order chi connectivity index (χ0) is 43.5. The Bertz CT molecular complexity index is 1570. The molecule has 344 valence electrons. The van der Waals surface area contributed by atoms with Gasteiger partial charge in [0.1, 0.15) is 17.3 Å². The Kier molecular flexibility index (Phi) is 34.7. The summed E-state index contributed by atoms with van der Waals surface area (Å²) in [7, 11) is 0. The predicted octanol–water partition coefficient (Wildman–Crippen LogP) is 16.9. The van der Waals surface area contributed by atoms with Crippen LogP contribution < -0.4 is 0 Å². The van der Waals surface area contributed by atoms with E-state index in [2.05, 4.69) is 57.7 Å². The molecule has 0 radical (unpaired) electrons. The monoisotopic (exact) mass is 879 g/mol. The molecule has 0 aliphatic heterocycles. The number of aliphatic imine (C=N–C) groups is 2. The Balaban J connectivity index is 0.0000186. The molecule has 61 heavy (non-hydrogen) atoms. The molecule has 0 atom stereocenters. The van der Waals surface area contributed by atoms with Gasteiger partial charge in [0.05, 0.1) is 17.1 Å². The molecule has 4 nitrogen and oxygen atoms in total. The summed E-state index contributed by atoms with van der Waals surface area (Å²) in [6.45, 7) is 12.8. The summed E-state index contributed by atoms with van der Waals surface area (Å²) in [5.41, 5.74) is 8.02. The van der Waals surface area contributed by atoms with E-state index in [1.807, 2.05) is 32.0 Å². The van der Waals surface area contributed by atoms with Crippen LogP contribution in [0.5, 0.6) is 0 Å². The van der Waals surface area contributed by atoms with Crippen LogP contribution in [0.4, 0.5) is 11.4 Å².